The van der Waals surface area contributed by atoms with Crippen molar-refractivity contribution in [3.05, 3.63) is 23.4 Å². The summed E-state index contributed by atoms with van der Waals surface area (Å²) in [6.45, 7) is 4.06. The zero-order chi connectivity index (χ0) is 14.9. The number of nitrogens with two attached hydrogens (primary N) is 1. The topological polar surface area (TPSA) is 109 Å². The highest BCUT2D eigenvalue weighted by atomic mass is 32.2. The van der Waals surface area contributed by atoms with Gasteiger partial charge in [-0.3, -0.25) is 0 Å². The first-order valence-electron chi connectivity index (χ1n) is 6.26. The SMILES string of the molecule is Cc1cc(/C(N)=N/O)cc(N2CCS(=O)(=O)CC2C)n1. The molecule has 1 aliphatic rings. The van der Waals surface area contributed by atoms with E-state index in [-0.39, 0.29) is 23.4 Å². The van der Waals surface area contributed by atoms with Crippen LogP contribution in [0.25, 0.3) is 0 Å². The molecule has 0 amide bonds. The van der Waals surface area contributed by atoms with E-state index < -0.39 is 9.84 Å². The second kappa shape index (κ2) is 5.28. The summed E-state index contributed by atoms with van der Waals surface area (Å²) in [6.07, 6.45) is 0. The zero-order valence-electron chi connectivity index (χ0n) is 11.4. The molecule has 0 aromatic carbocycles. The molecule has 1 aromatic heterocycles. The minimum Gasteiger partial charge on any atom is -0.409 e. The molecule has 1 saturated heterocycles. The first-order chi connectivity index (χ1) is 9.32. The van der Waals surface area contributed by atoms with Crippen molar-refractivity contribution in [1.29, 1.82) is 0 Å². The van der Waals surface area contributed by atoms with Gasteiger partial charge in [-0.05, 0) is 26.0 Å². The number of nitrogens with zero attached hydrogens (tertiary/aromatic N) is 3. The largest absolute Gasteiger partial charge is 0.409 e. The number of amidine groups is 1. The quantitative estimate of drug-likeness (QED) is 0.347. The molecule has 1 fully saturated rings. The van der Waals surface area contributed by atoms with Gasteiger partial charge in [0.1, 0.15) is 5.82 Å². The highest BCUT2D eigenvalue weighted by molar-refractivity contribution is 7.91. The molecular weight excluding hydrogens is 280 g/mol. The van der Waals surface area contributed by atoms with Crippen LogP contribution < -0.4 is 10.6 Å². The molecule has 0 radical (unpaired) electrons. The van der Waals surface area contributed by atoms with E-state index in [9.17, 15) is 8.42 Å². The maximum absolute atomic E-state index is 11.6. The zero-order valence-corrected chi connectivity index (χ0v) is 12.3. The van der Waals surface area contributed by atoms with E-state index in [2.05, 4.69) is 10.1 Å². The molecule has 0 bridgehead atoms. The lowest BCUT2D eigenvalue weighted by molar-refractivity contribution is 0.318. The molecule has 1 aliphatic heterocycles. The lowest BCUT2D eigenvalue weighted by Crippen LogP contribution is -2.47. The van der Waals surface area contributed by atoms with E-state index in [0.717, 1.165) is 5.69 Å². The lowest BCUT2D eigenvalue weighted by atomic mass is 10.2. The molecule has 0 aliphatic carbocycles. The Bertz CT molecular complexity index is 642. The number of aryl methyl sites for hydroxylation is 1. The molecule has 0 saturated carbocycles. The predicted molar refractivity (Wildman–Crippen MR) is 76.9 cm³/mol. The molecule has 8 heteroatoms. The first-order valence-corrected chi connectivity index (χ1v) is 8.08. The maximum atomic E-state index is 11.6. The number of hydrogen-bond acceptors (Lipinski definition) is 6. The van der Waals surface area contributed by atoms with Gasteiger partial charge >= 0.3 is 0 Å². The van der Waals surface area contributed by atoms with Crippen LogP contribution in [0, 0.1) is 6.92 Å². The Morgan fingerprint density at radius 3 is 2.85 bits per heavy atom. The van der Waals surface area contributed by atoms with Gasteiger partial charge in [-0.2, -0.15) is 0 Å². The van der Waals surface area contributed by atoms with Gasteiger partial charge in [0.25, 0.3) is 0 Å². The maximum Gasteiger partial charge on any atom is 0.170 e. The normalized spacial score (nSPS) is 22.8. The van der Waals surface area contributed by atoms with Gasteiger partial charge in [0.2, 0.25) is 0 Å². The van der Waals surface area contributed by atoms with E-state index in [1.807, 2.05) is 18.7 Å². The highest BCUT2D eigenvalue weighted by Gasteiger charge is 2.29. The van der Waals surface area contributed by atoms with Crippen molar-refractivity contribution < 1.29 is 13.6 Å². The molecule has 3 N–H and O–H groups in total. The van der Waals surface area contributed by atoms with Gasteiger partial charge in [-0.25, -0.2) is 13.4 Å². The Hall–Kier alpha value is -1.83. The van der Waals surface area contributed by atoms with Gasteiger partial charge < -0.3 is 15.8 Å². The monoisotopic (exact) mass is 298 g/mol. The van der Waals surface area contributed by atoms with Crippen molar-refractivity contribution in [1.82, 2.24) is 4.98 Å². The standard InChI is InChI=1S/C12H18N4O3S/c1-8-5-10(12(13)15-17)6-11(14-8)16-3-4-20(18,19)7-9(16)2/h5-6,9,17H,3-4,7H2,1-2H3,(H2,13,15). The lowest BCUT2D eigenvalue weighted by Gasteiger charge is -2.34. The van der Waals surface area contributed by atoms with E-state index in [0.29, 0.717) is 17.9 Å². The van der Waals surface area contributed by atoms with Crippen molar-refractivity contribution >= 4 is 21.5 Å². The molecule has 2 rings (SSSR count). The predicted octanol–water partition coefficient (Wildman–Crippen LogP) is 0.108. The first kappa shape index (κ1) is 14.6. The summed E-state index contributed by atoms with van der Waals surface area (Å²) in [6, 6.07) is 3.27. The van der Waals surface area contributed by atoms with Crippen molar-refractivity contribution in [3.8, 4) is 0 Å². The van der Waals surface area contributed by atoms with Gasteiger partial charge in [-0.1, -0.05) is 5.16 Å². The summed E-state index contributed by atoms with van der Waals surface area (Å²) in [5, 5.41) is 11.7. The molecule has 20 heavy (non-hydrogen) atoms. The molecule has 7 nitrogen and oxygen atoms in total. The van der Waals surface area contributed by atoms with Crippen LogP contribution >= 0.6 is 0 Å². The number of pyridine rings is 1. The Morgan fingerprint density at radius 2 is 2.25 bits per heavy atom. The third-order valence-electron chi connectivity index (χ3n) is 3.31. The summed E-state index contributed by atoms with van der Waals surface area (Å²) in [5.74, 6) is 0.885. The average molecular weight is 298 g/mol. The van der Waals surface area contributed by atoms with Crippen LogP contribution in [0.2, 0.25) is 0 Å². The molecular formula is C12H18N4O3S. The summed E-state index contributed by atoms with van der Waals surface area (Å²) >= 11 is 0. The Labute approximate surface area is 118 Å². The Balaban J connectivity index is 2.36. The Kier molecular flexibility index (Phi) is 3.85. The fraction of sp³-hybridized carbons (Fsp3) is 0.500. The van der Waals surface area contributed by atoms with E-state index in [1.165, 1.54) is 0 Å². The van der Waals surface area contributed by atoms with Crippen molar-refractivity contribution in [2.75, 3.05) is 23.0 Å². The highest BCUT2D eigenvalue weighted by Crippen LogP contribution is 2.21. The fourth-order valence-corrected chi connectivity index (χ4v) is 3.90. The molecule has 1 aromatic rings. The van der Waals surface area contributed by atoms with Crippen LogP contribution in [0.5, 0.6) is 0 Å². The van der Waals surface area contributed by atoms with Crippen LogP contribution in [0.1, 0.15) is 18.2 Å². The molecule has 1 atom stereocenters. The van der Waals surface area contributed by atoms with Crippen LogP contribution in [0.15, 0.2) is 17.3 Å². The molecule has 2 heterocycles. The van der Waals surface area contributed by atoms with Gasteiger partial charge in [0.05, 0.1) is 11.5 Å². The van der Waals surface area contributed by atoms with Gasteiger partial charge in [0.15, 0.2) is 15.7 Å². The fourth-order valence-electron chi connectivity index (χ4n) is 2.34. The molecule has 110 valence electrons. The number of anilines is 1. The second-order valence-corrected chi connectivity index (χ2v) is 7.23. The van der Waals surface area contributed by atoms with Crippen LogP contribution in [-0.2, 0) is 9.84 Å². The Morgan fingerprint density at radius 1 is 1.55 bits per heavy atom. The minimum absolute atomic E-state index is 0.00836. The van der Waals surface area contributed by atoms with E-state index >= 15 is 0 Å². The van der Waals surface area contributed by atoms with E-state index in [4.69, 9.17) is 10.9 Å². The minimum atomic E-state index is -2.97. The van der Waals surface area contributed by atoms with Gasteiger partial charge in [0, 0.05) is 23.8 Å². The average Bonchev–Trinajstić information content (AvgIpc) is 2.35. The summed E-state index contributed by atoms with van der Waals surface area (Å²) < 4.78 is 23.2. The summed E-state index contributed by atoms with van der Waals surface area (Å²) in [4.78, 5) is 6.34. The smallest absolute Gasteiger partial charge is 0.170 e. The molecule has 1 unspecified atom stereocenters. The van der Waals surface area contributed by atoms with Crippen molar-refractivity contribution in [2.45, 2.75) is 19.9 Å². The van der Waals surface area contributed by atoms with Crippen LogP contribution in [0.3, 0.4) is 0 Å². The number of sulfone groups is 1. The third-order valence-corrected chi connectivity index (χ3v) is 5.10. The number of oxime groups is 1. The molecule has 0 spiro atoms. The van der Waals surface area contributed by atoms with Crippen LogP contribution in [-0.4, -0.2) is 48.5 Å². The number of hydrogen-bond donors (Lipinski definition) is 2. The second-order valence-electron chi connectivity index (χ2n) is 5.00. The summed E-state index contributed by atoms with van der Waals surface area (Å²) in [7, 11) is -2.97. The number of rotatable bonds is 2. The van der Waals surface area contributed by atoms with Crippen molar-refractivity contribution in [2.24, 2.45) is 10.9 Å². The van der Waals surface area contributed by atoms with E-state index in [1.54, 1.807) is 12.1 Å². The summed E-state index contributed by atoms with van der Waals surface area (Å²) in [5.41, 5.74) is 6.89. The number of aromatic nitrogens is 1. The van der Waals surface area contributed by atoms with Gasteiger partial charge in [-0.15, -0.1) is 0 Å². The third kappa shape index (κ3) is 3.01. The van der Waals surface area contributed by atoms with Crippen LogP contribution in [0.4, 0.5) is 5.82 Å². The van der Waals surface area contributed by atoms with Crippen molar-refractivity contribution in [3.63, 3.8) is 0 Å².